The number of hydrogen-bond acceptors (Lipinski definition) is 4. The van der Waals surface area contributed by atoms with Gasteiger partial charge >= 0.3 is 0 Å². The molecule has 1 aromatic heterocycles. The molecule has 2 N–H and O–H groups in total. The van der Waals surface area contributed by atoms with Gasteiger partial charge in [-0.15, -0.1) is 0 Å². The molecule has 1 unspecified atom stereocenters. The highest BCUT2D eigenvalue weighted by Gasteiger charge is 2.17. The van der Waals surface area contributed by atoms with Gasteiger partial charge < -0.3 is 15.4 Å². The SMILES string of the molecule is O=C(NCC1CCCO1)c1ccnc(Nc2c(Cl)cccc2Cl)c1. The summed E-state index contributed by atoms with van der Waals surface area (Å²) in [6, 6.07) is 8.54. The molecule has 5 nitrogen and oxygen atoms in total. The molecule has 1 fully saturated rings. The maximum absolute atomic E-state index is 12.3. The largest absolute Gasteiger partial charge is 0.376 e. The lowest BCUT2D eigenvalue weighted by Gasteiger charge is -2.12. The Balaban J connectivity index is 1.68. The van der Waals surface area contributed by atoms with E-state index in [0.717, 1.165) is 19.4 Å². The molecular formula is C17H17Cl2N3O2. The minimum absolute atomic E-state index is 0.107. The quantitative estimate of drug-likeness (QED) is 0.838. The molecule has 1 atom stereocenters. The van der Waals surface area contributed by atoms with Crippen LogP contribution >= 0.6 is 23.2 Å². The van der Waals surface area contributed by atoms with Crippen LogP contribution in [-0.2, 0) is 4.74 Å². The molecule has 2 aromatic rings. The van der Waals surface area contributed by atoms with Crippen LogP contribution < -0.4 is 10.6 Å². The summed E-state index contributed by atoms with van der Waals surface area (Å²) >= 11 is 12.3. The molecule has 0 spiro atoms. The molecule has 126 valence electrons. The van der Waals surface area contributed by atoms with Crippen LogP contribution in [0.3, 0.4) is 0 Å². The van der Waals surface area contributed by atoms with Crippen molar-refractivity contribution >= 4 is 40.6 Å². The minimum Gasteiger partial charge on any atom is -0.376 e. The predicted octanol–water partition coefficient (Wildman–Crippen LogP) is 4.04. The maximum atomic E-state index is 12.3. The number of nitrogens with zero attached hydrogens (tertiary/aromatic N) is 1. The van der Waals surface area contributed by atoms with Gasteiger partial charge in [0.15, 0.2) is 0 Å². The van der Waals surface area contributed by atoms with Crippen molar-refractivity contribution in [2.75, 3.05) is 18.5 Å². The molecule has 7 heteroatoms. The zero-order valence-corrected chi connectivity index (χ0v) is 14.4. The Bertz CT molecular complexity index is 713. The molecule has 3 rings (SSSR count). The number of carbonyl (C=O) groups is 1. The molecule has 1 saturated heterocycles. The van der Waals surface area contributed by atoms with Crippen molar-refractivity contribution < 1.29 is 9.53 Å². The Morgan fingerprint density at radius 1 is 1.29 bits per heavy atom. The van der Waals surface area contributed by atoms with Gasteiger partial charge in [-0.1, -0.05) is 29.3 Å². The van der Waals surface area contributed by atoms with Crippen molar-refractivity contribution in [2.45, 2.75) is 18.9 Å². The third kappa shape index (κ3) is 4.17. The van der Waals surface area contributed by atoms with E-state index >= 15 is 0 Å². The van der Waals surface area contributed by atoms with E-state index in [1.165, 1.54) is 0 Å². The third-order valence-corrected chi connectivity index (χ3v) is 4.38. The average Bonchev–Trinajstić information content (AvgIpc) is 3.10. The van der Waals surface area contributed by atoms with Crippen molar-refractivity contribution in [2.24, 2.45) is 0 Å². The van der Waals surface area contributed by atoms with Crippen molar-refractivity contribution in [3.8, 4) is 0 Å². The molecule has 24 heavy (non-hydrogen) atoms. The van der Waals surface area contributed by atoms with Crippen LogP contribution in [0.4, 0.5) is 11.5 Å². The fraction of sp³-hybridized carbons (Fsp3) is 0.294. The number of pyridine rings is 1. The number of rotatable bonds is 5. The number of aromatic nitrogens is 1. The standard InChI is InChI=1S/C17H17Cl2N3O2/c18-13-4-1-5-14(19)16(13)22-15-9-11(6-7-20-15)17(23)21-10-12-3-2-8-24-12/h1,4-7,9,12H,2-3,8,10H2,(H,20,22)(H,21,23). The van der Waals surface area contributed by atoms with Gasteiger partial charge in [0.05, 0.1) is 21.8 Å². The number of halogens is 2. The average molecular weight is 366 g/mol. The second-order valence-electron chi connectivity index (χ2n) is 5.50. The number of benzene rings is 1. The molecule has 2 heterocycles. The maximum Gasteiger partial charge on any atom is 0.251 e. The van der Waals surface area contributed by atoms with Gasteiger partial charge in [0, 0.05) is 24.9 Å². The first kappa shape index (κ1) is 17.0. The van der Waals surface area contributed by atoms with Gasteiger partial charge in [-0.3, -0.25) is 4.79 Å². The highest BCUT2D eigenvalue weighted by atomic mass is 35.5. The van der Waals surface area contributed by atoms with Crippen LogP contribution in [0, 0.1) is 0 Å². The highest BCUT2D eigenvalue weighted by Crippen LogP contribution is 2.32. The predicted molar refractivity (Wildman–Crippen MR) is 95.3 cm³/mol. The number of anilines is 2. The zero-order chi connectivity index (χ0) is 16.9. The van der Waals surface area contributed by atoms with E-state index in [1.54, 1.807) is 36.5 Å². The topological polar surface area (TPSA) is 63.2 Å². The summed E-state index contributed by atoms with van der Waals surface area (Å²) in [7, 11) is 0. The fourth-order valence-corrected chi connectivity index (χ4v) is 2.99. The van der Waals surface area contributed by atoms with Gasteiger partial charge in [0.25, 0.3) is 5.91 Å². The molecule has 1 aromatic carbocycles. The Labute approximate surface area is 150 Å². The smallest absolute Gasteiger partial charge is 0.251 e. The van der Waals surface area contributed by atoms with E-state index in [4.69, 9.17) is 27.9 Å². The monoisotopic (exact) mass is 365 g/mol. The summed E-state index contributed by atoms with van der Waals surface area (Å²) in [5.74, 6) is 0.330. The number of amides is 1. The van der Waals surface area contributed by atoms with E-state index in [1.807, 2.05) is 0 Å². The first-order valence-electron chi connectivity index (χ1n) is 7.70. The first-order chi connectivity index (χ1) is 11.6. The minimum atomic E-state index is -0.166. The second kappa shape index (κ2) is 7.83. The van der Waals surface area contributed by atoms with E-state index in [2.05, 4.69) is 15.6 Å². The van der Waals surface area contributed by atoms with Crippen LogP contribution in [0.15, 0.2) is 36.5 Å². The molecule has 0 bridgehead atoms. The Kier molecular flexibility index (Phi) is 5.56. The van der Waals surface area contributed by atoms with E-state index in [-0.39, 0.29) is 12.0 Å². The molecule has 0 saturated carbocycles. The van der Waals surface area contributed by atoms with Crippen molar-refractivity contribution in [3.63, 3.8) is 0 Å². The second-order valence-corrected chi connectivity index (χ2v) is 6.31. The van der Waals surface area contributed by atoms with Gasteiger partial charge in [0.2, 0.25) is 0 Å². The number of para-hydroxylation sites is 1. The Morgan fingerprint density at radius 3 is 2.79 bits per heavy atom. The fourth-order valence-electron chi connectivity index (χ4n) is 2.50. The lowest BCUT2D eigenvalue weighted by molar-refractivity contribution is 0.0857. The van der Waals surface area contributed by atoms with Crippen molar-refractivity contribution in [1.82, 2.24) is 10.3 Å². The molecule has 1 amide bonds. The lowest BCUT2D eigenvalue weighted by atomic mass is 10.2. The molecular weight excluding hydrogens is 349 g/mol. The number of nitrogens with one attached hydrogen (secondary N) is 2. The van der Waals surface area contributed by atoms with Crippen LogP contribution in [0.25, 0.3) is 0 Å². The van der Waals surface area contributed by atoms with Gasteiger partial charge in [-0.25, -0.2) is 4.98 Å². The normalized spacial score (nSPS) is 16.8. The molecule has 0 aliphatic carbocycles. The van der Waals surface area contributed by atoms with Gasteiger partial charge in [-0.2, -0.15) is 0 Å². The number of ether oxygens (including phenoxy) is 1. The summed E-state index contributed by atoms with van der Waals surface area (Å²) in [4.78, 5) is 16.5. The number of hydrogen-bond donors (Lipinski definition) is 2. The van der Waals surface area contributed by atoms with E-state index < -0.39 is 0 Å². The lowest BCUT2D eigenvalue weighted by Crippen LogP contribution is -2.31. The summed E-state index contributed by atoms with van der Waals surface area (Å²) in [6.45, 7) is 1.28. The van der Waals surface area contributed by atoms with Crippen LogP contribution in [0.1, 0.15) is 23.2 Å². The molecule has 1 aliphatic heterocycles. The molecule has 0 radical (unpaired) electrons. The summed E-state index contributed by atoms with van der Waals surface area (Å²) in [6.07, 6.45) is 3.70. The van der Waals surface area contributed by atoms with Crippen molar-refractivity contribution in [1.29, 1.82) is 0 Å². The van der Waals surface area contributed by atoms with Gasteiger partial charge in [-0.05, 0) is 37.1 Å². The zero-order valence-electron chi connectivity index (χ0n) is 12.9. The third-order valence-electron chi connectivity index (χ3n) is 3.75. The van der Waals surface area contributed by atoms with Crippen LogP contribution in [0.2, 0.25) is 10.0 Å². The Morgan fingerprint density at radius 2 is 2.08 bits per heavy atom. The Hall–Kier alpha value is -1.82. The highest BCUT2D eigenvalue weighted by molar-refractivity contribution is 6.39. The van der Waals surface area contributed by atoms with Crippen molar-refractivity contribution in [3.05, 3.63) is 52.1 Å². The molecule has 1 aliphatic rings. The summed E-state index contributed by atoms with van der Waals surface area (Å²) < 4.78 is 5.50. The van der Waals surface area contributed by atoms with E-state index in [9.17, 15) is 4.79 Å². The first-order valence-corrected chi connectivity index (χ1v) is 8.46. The summed E-state index contributed by atoms with van der Waals surface area (Å²) in [5.41, 5.74) is 1.07. The number of carbonyl (C=O) groups excluding carboxylic acids is 1. The van der Waals surface area contributed by atoms with Crippen LogP contribution in [-0.4, -0.2) is 30.1 Å². The van der Waals surface area contributed by atoms with Crippen LogP contribution in [0.5, 0.6) is 0 Å². The van der Waals surface area contributed by atoms with Gasteiger partial charge in [0.1, 0.15) is 5.82 Å². The van der Waals surface area contributed by atoms with E-state index in [0.29, 0.717) is 33.7 Å². The summed E-state index contributed by atoms with van der Waals surface area (Å²) in [5, 5.41) is 6.90.